The summed E-state index contributed by atoms with van der Waals surface area (Å²) in [5.74, 6) is -4.90. The summed E-state index contributed by atoms with van der Waals surface area (Å²) in [5.41, 5.74) is -0.390. The molecular formula is C26H26Cl6O8. The van der Waals surface area contributed by atoms with Crippen molar-refractivity contribution in [2.75, 3.05) is 13.2 Å². The van der Waals surface area contributed by atoms with Gasteiger partial charge in [-0.25, -0.2) is 24.2 Å². The first kappa shape index (κ1) is 34.7. The molecule has 0 amide bonds. The molecule has 0 aliphatic carbocycles. The summed E-state index contributed by atoms with van der Waals surface area (Å²) in [6.07, 6.45) is 5.01. The van der Waals surface area contributed by atoms with Crippen molar-refractivity contribution in [3.63, 3.8) is 0 Å². The van der Waals surface area contributed by atoms with Crippen LogP contribution in [0.1, 0.15) is 68.3 Å². The highest BCUT2D eigenvalue weighted by molar-refractivity contribution is 6.46. The van der Waals surface area contributed by atoms with Crippen LogP contribution in [0.25, 0.3) is 0 Å². The Balaban J connectivity index is 2.25. The topological polar surface area (TPSA) is 97.4 Å². The second kappa shape index (κ2) is 17.5. The summed E-state index contributed by atoms with van der Waals surface area (Å²) in [5, 5.41) is -0.808. The molecule has 0 saturated carbocycles. The minimum Gasteiger partial charge on any atom is -0.462 e. The number of unbranched alkanes of at least 4 members (excludes halogenated alkanes) is 4. The molecule has 0 radical (unpaired) electrons. The number of benzene rings is 2. The molecule has 0 fully saturated rings. The third-order valence-electron chi connectivity index (χ3n) is 5.20. The fraction of sp³-hybridized carbons (Fsp3) is 0.423. The summed E-state index contributed by atoms with van der Waals surface area (Å²) in [4.78, 5) is 48.5. The summed E-state index contributed by atoms with van der Waals surface area (Å²) in [7, 11) is 0. The summed E-state index contributed by atoms with van der Waals surface area (Å²) >= 11 is 37.0. The zero-order valence-corrected chi connectivity index (χ0v) is 26.1. The average molecular weight is 679 g/mol. The number of carbonyl (C=O) groups excluding carboxylic acids is 3. The molecule has 2 aromatic carbocycles. The van der Waals surface area contributed by atoms with E-state index in [4.69, 9.17) is 93.6 Å². The van der Waals surface area contributed by atoms with Crippen LogP contribution in [0.5, 0.6) is 11.5 Å². The second-order valence-electron chi connectivity index (χ2n) is 8.23. The van der Waals surface area contributed by atoms with Crippen LogP contribution in [0, 0.1) is 0 Å². The highest BCUT2D eigenvalue weighted by atomic mass is 35.5. The zero-order valence-electron chi connectivity index (χ0n) is 21.6. The predicted octanol–water partition coefficient (Wildman–Crippen LogP) is 9.10. The van der Waals surface area contributed by atoms with Gasteiger partial charge in [-0.1, -0.05) is 109 Å². The molecule has 0 atom stereocenters. The lowest BCUT2D eigenvalue weighted by Gasteiger charge is -2.16. The summed E-state index contributed by atoms with van der Waals surface area (Å²) in [6.45, 7) is 4.10. The number of ether oxygens (including phenoxy) is 3. The van der Waals surface area contributed by atoms with Crippen LogP contribution in [-0.2, 0) is 30.7 Å². The van der Waals surface area contributed by atoms with Gasteiger partial charge in [-0.15, -0.1) is 0 Å². The molecule has 0 heterocycles. The Morgan fingerprint density at radius 3 is 1.77 bits per heavy atom. The lowest BCUT2D eigenvalue weighted by atomic mass is 10.2. The van der Waals surface area contributed by atoms with Gasteiger partial charge in [0.15, 0.2) is 11.5 Å². The van der Waals surface area contributed by atoms with Gasteiger partial charge in [0.1, 0.15) is 12.2 Å². The van der Waals surface area contributed by atoms with E-state index in [2.05, 4.69) is 0 Å². The van der Waals surface area contributed by atoms with Gasteiger partial charge in [-0.2, -0.15) is 0 Å². The van der Waals surface area contributed by atoms with E-state index in [1.54, 1.807) is 0 Å². The molecule has 40 heavy (non-hydrogen) atoms. The maximum Gasteiger partial charge on any atom is 0.423 e. The van der Waals surface area contributed by atoms with Gasteiger partial charge in [0.25, 0.3) is 0 Å². The number of esters is 3. The number of halogens is 6. The van der Waals surface area contributed by atoms with Crippen molar-refractivity contribution in [2.24, 2.45) is 0 Å². The van der Waals surface area contributed by atoms with E-state index in [0.717, 1.165) is 38.2 Å². The van der Waals surface area contributed by atoms with Crippen molar-refractivity contribution in [3.8, 4) is 11.5 Å². The third-order valence-corrected chi connectivity index (χ3v) is 7.38. The van der Waals surface area contributed by atoms with Crippen molar-refractivity contribution in [2.45, 2.75) is 59.0 Å². The fourth-order valence-corrected chi connectivity index (χ4v) is 4.61. The minimum atomic E-state index is -1.56. The molecule has 0 aliphatic rings. The highest BCUT2D eigenvalue weighted by Crippen LogP contribution is 2.41. The molecule has 220 valence electrons. The lowest BCUT2D eigenvalue weighted by molar-refractivity contribution is -0.304. The van der Waals surface area contributed by atoms with Gasteiger partial charge in [0.05, 0.1) is 43.3 Å². The van der Waals surface area contributed by atoms with Crippen LogP contribution in [-0.4, -0.2) is 31.1 Å². The van der Waals surface area contributed by atoms with Gasteiger partial charge in [0, 0.05) is 5.56 Å². The van der Waals surface area contributed by atoms with Crippen molar-refractivity contribution in [1.29, 1.82) is 0 Å². The van der Waals surface area contributed by atoms with Gasteiger partial charge < -0.3 is 14.2 Å². The molecule has 0 unspecified atom stereocenters. The summed E-state index contributed by atoms with van der Waals surface area (Å²) in [6, 6.07) is 2.35. The van der Waals surface area contributed by atoms with Crippen molar-refractivity contribution in [1.82, 2.24) is 0 Å². The Morgan fingerprint density at radius 2 is 1.18 bits per heavy atom. The lowest BCUT2D eigenvalue weighted by Crippen LogP contribution is -2.27. The van der Waals surface area contributed by atoms with Crippen LogP contribution >= 0.6 is 69.6 Å². The molecule has 0 aromatic heterocycles. The SMILES string of the molecule is CCCCCOOCc1c(Cl)c(Cl)cc(Cl)c1OC(=O)C(=O)Oc1c(Cl)cc(Cl)c(Cl)c1C(=O)OCCCCC. The Kier molecular flexibility index (Phi) is 15.2. The number of rotatable bonds is 14. The molecule has 0 N–H and O–H groups in total. The van der Waals surface area contributed by atoms with E-state index < -0.39 is 29.2 Å². The van der Waals surface area contributed by atoms with Crippen LogP contribution in [0.15, 0.2) is 12.1 Å². The first-order chi connectivity index (χ1) is 19.0. The Hall–Kier alpha value is -1.49. The van der Waals surface area contributed by atoms with Crippen molar-refractivity contribution < 1.29 is 38.4 Å². The van der Waals surface area contributed by atoms with E-state index in [1.807, 2.05) is 13.8 Å². The molecule has 0 saturated heterocycles. The highest BCUT2D eigenvalue weighted by Gasteiger charge is 2.30. The normalized spacial score (nSPS) is 10.9. The van der Waals surface area contributed by atoms with Gasteiger partial charge in [-0.05, 0) is 25.0 Å². The third kappa shape index (κ3) is 9.81. The Bertz CT molecular complexity index is 1220. The predicted molar refractivity (Wildman–Crippen MR) is 154 cm³/mol. The van der Waals surface area contributed by atoms with E-state index in [9.17, 15) is 14.4 Å². The minimum absolute atomic E-state index is 0.0414. The quantitative estimate of drug-likeness (QED) is 0.0371. The van der Waals surface area contributed by atoms with Crippen LogP contribution < -0.4 is 9.47 Å². The van der Waals surface area contributed by atoms with Gasteiger partial charge >= 0.3 is 17.9 Å². The van der Waals surface area contributed by atoms with E-state index in [0.29, 0.717) is 13.0 Å². The standard InChI is InChI=1S/C26H26Cl6O8/c1-3-5-7-9-36-24(33)19-21(32)16(28)12-18(30)23(19)40-26(35)25(34)39-22-14(13-38-37-10-8-6-4-2)20(31)15(27)11-17(22)29/h11-12H,3-10,13H2,1-2H3. The first-order valence-corrected chi connectivity index (χ1v) is 14.5. The molecular weight excluding hydrogens is 653 g/mol. The number of hydrogen-bond acceptors (Lipinski definition) is 8. The maximum atomic E-state index is 12.7. The van der Waals surface area contributed by atoms with Crippen molar-refractivity contribution in [3.05, 3.63) is 53.4 Å². The maximum absolute atomic E-state index is 12.7. The smallest absolute Gasteiger partial charge is 0.423 e. The van der Waals surface area contributed by atoms with Crippen molar-refractivity contribution >= 4 is 87.5 Å². The van der Waals surface area contributed by atoms with Gasteiger partial charge in [0.2, 0.25) is 0 Å². The first-order valence-electron chi connectivity index (χ1n) is 12.2. The Morgan fingerprint density at radius 1 is 0.650 bits per heavy atom. The molecule has 2 rings (SSSR count). The van der Waals surface area contributed by atoms with E-state index >= 15 is 0 Å². The second-order valence-corrected chi connectivity index (χ2v) is 10.6. The van der Waals surface area contributed by atoms with Crippen LogP contribution in [0.4, 0.5) is 0 Å². The zero-order chi connectivity index (χ0) is 29.8. The molecule has 8 nitrogen and oxygen atoms in total. The molecule has 0 spiro atoms. The monoisotopic (exact) mass is 676 g/mol. The average Bonchev–Trinajstić information content (AvgIpc) is 2.91. The largest absolute Gasteiger partial charge is 0.462 e. The van der Waals surface area contributed by atoms with Crippen LogP contribution in [0.3, 0.4) is 0 Å². The molecule has 2 aromatic rings. The van der Waals surface area contributed by atoms with Crippen LogP contribution in [0.2, 0.25) is 30.1 Å². The summed E-state index contributed by atoms with van der Waals surface area (Å²) < 4.78 is 15.5. The molecule has 14 heteroatoms. The number of hydrogen-bond donors (Lipinski definition) is 0. The fourth-order valence-electron chi connectivity index (χ4n) is 3.16. The molecule has 0 bridgehead atoms. The van der Waals surface area contributed by atoms with E-state index in [-0.39, 0.29) is 54.7 Å². The molecule has 0 aliphatic heterocycles. The number of carbonyl (C=O) groups is 3. The van der Waals surface area contributed by atoms with E-state index in [1.165, 1.54) is 6.07 Å². The Labute approximate surface area is 261 Å². The van der Waals surface area contributed by atoms with Gasteiger partial charge in [-0.3, -0.25) is 0 Å².